The number of para-hydroxylation sites is 1. The Kier molecular flexibility index (Phi) is 5.64. The third-order valence-electron chi connectivity index (χ3n) is 3.63. The molecule has 0 saturated heterocycles. The van der Waals surface area contributed by atoms with E-state index in [1.165, 1.54) is 7.11 Å². The first-order chi connectivity index (χ1) is 13.2. The normalized spacial score (nSPS) is 9.96. The third-order valence-corrected chi connectivity index (χ3v) is 3.63. The van der Waals surface area contributed by atoms with Gasteiger partial charge in [0.1, 0.15) is 17.2 Å². The maximum Gasteiger partial charge on any atom is 0.273 e. The van der Waals surface area contributed by atoms with Crippen LogP contribution in [0.4, 0.5) is 0 Å². The quantitative estimate of drug-likeness (QED) is 0.680. The molecule has 0 aliphatic carbocycles. The first-order valence-electron chi connectivity index (χ1n) is 8.09. The van der Waals surface area contributed by atoms with Crippen molar-refractivity contribution in [3.05, 3.63) is 84.2 Å². The highest BCUT2D eigenvalue weighted by Gasteiger charge is 2.13. The first kappa shape index (κ1) is 17.9. The molecule has 0 saturated carbocycles. The Morgan fingerprint density at radius 2 is 1.59 bits per heavy atom. The molecule has 7 nitrogen and oxygen atoms in total. The van der Waals surface area contributed by atoms with Gasteiger partial charge in [0.05, 0.1) is 18.9 Å². The zero-order chi connectivity index (χ0) is 19.1. The number of ether oxygens (including phenoxy) is 2. The number of amides is 2. The number of hydrogen-bond acceptors (Lipinski definition) is 5. The highest BCUT2D eigenvalue weighted by Crippen LogP contribution is 2.20. The average Bonchev–Trinajstić information content (AvgIpc) is 2.73. The van der Waals surface area contributed by atoms with Gasteiger partial charge in [0.25, 0.3) is 11.8 Å². The highest BCUT2D eigenvalue weighted by molar-refractivity contribution is 6.00. The minimum Gasteiger partial charge on any atom is -0.496 e. The standard InChI is InChI=1S/C20H17N3O4/c1-26-18-7-3-2-6-17(18)20(25)23-22-19(24)14-8-10-15(11-9-14)27-16-5-4-12-21-13-16/h2-13H,1H3,(H,22,24)(H,23,25). The number of methoxy groups -OCH3 is 1. The molecule has 0 fully saturated rings. The van der Waals surface area contributed by atoms with Crippen LogP contribution in [-0.2, 0) is 0 Å². The van der Waals surface area contributed by atoms with Gasteiger partial charge >= 0.3 is 0 Å². The summed E-state index contributed by atoms with van der Waals surface area (Å²) in [6.45, 7) is 0. The van der Waals surface area contributed by atoms with Crippen LogP contribution in [0, 0.1) is 0 Å². The summed E-state index contributed by atoms with van der Waals surface area (Å²) >= 11 is 0. The Labute approximate surface area is 155 Å². The van der Waals surface area contributed by atoms with Crippen LogP contribution in [0.3, 0.4) is 0 Å². The average molecular weight is 363 g/mol. The van der Waals surface area contributed by atoms with Crippen molar-refractivity contribution in [1.29, 1.82) is 0 Å². The van der Waals surface area contributed by atoms with Crippen LogP contribution in [0.15, 0.2) is 73.1 Å². The lowest BCUT2D eigenvalue weighted by Gasteiger charge is -2.10. The lowest BCUT2D eigenvalue weighted by atomic mass is 10.2. The molecule has 0 atom stereocenters. The first-order valence-corrected chi connectivity index (χ1v) is 8.09. The Hall–Kier alpha value is -3.87. The SMILES string of the molecule is COc1ccccc1C(=O)NNC(=O)c1ccc(Oc2cccnc2)cc1. The molecule has 1 aromatic heterocycles. The van der Waals surface area contributed by atoms with Gasteiger partial charge in [0.2, 0.25) is 0 Å². The molecule has 0 bridgehead atoms. The van der Waals surface area contributed by atoms with Crippen LogP contribution < -0.4 is 20.3 Å². The number of carbonyl (C=O) groups is 2. The van der Waals surface area contributed by atoms with E-state index in [0.717, 1.165) is 0 Å². The summed E-state index contributed by atoms with van der Waals surface area (Å²) < 4.78 is 10.7. The molecule has 2 N–H and O–H groups in total. The smallest absolute Gasteiger partial charge is 0.273 e. The molecule has 0 aliphatic heterocycles. The molecular formula is C20H17N3O4. The van der Waals surface area contributed by atoms with E-state index in [9.17, 15) is 9.59 Å². The topological polar surface area (TPSA) is 89.6 Å². The Balaban J connectivity index is 1.59. The second-order valence-corrected chi connectivity index (χ2v) is 5.42. The van der Waals surface area contributed by atoms with E-state index in [4.69, 9.17) is 9.47 Å². The number of hydrazine groups is 1. The monoisotopic (exact) mass is 363 g/mol. The number of rotatable bonds is 5. The summed E-state index contributed by atoms with van der Waals surface area (Å²) in [5.74, 6) is 0.654. The Morgan fingerprint density at radius 3 is 2.30 bits per heavy atom. The molecule has 1 heterocycles. The van der Waals surface area contributed by atoms with Gasteiger partial charge in [-0.1, -0.05) is 12.1 Å². The molecule has 136 valence electrons. The van der Waals surface area contributed by atoms with Crippen LogP contribution in [-0.4, -0.2) is 23.9 Å². The van der Waals surface area contributed by atoms with E-state index in [0.29, 0.717) is 28.4 Å². The fraction of sp³-hybridized carbons (Fsp3) is 0.0500. The lowest BCUT2D eigenvalue weighted by molar-refractivity contribution is 0.0845. The van der Waals surface area contributed by atoms with Gasteiger partial charge in [0, 0.05) is 11.8 Å². The largest absolute Gasteiger partial charge is 0.496 e. The van der Waals surface area contributed by atoms with Gasteiger partial charge in [-0.2, -0.15) is 0 Å². The molecule has 2 amide bonds. The number of nitrogens with one attached hydrogen (secondary N) is 2. The maximum absolute atomic E-state index is 12.2. The second-order valence-electron chi connectivity index (χ2n) is 5.42. The van der Waals surface area contributed by atoms with Crippen molar-refractivity contribution in [2.45, 2.75) is 0 Å². The van der Waals surface area contributed by atoms with Crippen LogP contribution in [0.25, 0.3) is 0 Å². The number of benzene rings is 2. The van der Waals surface area contributed by atoms with Crippen molar-refractivity contribution >= 4 is 11.8 Å². The summed E-state index contributed by atoms with van der Waals surface area (Å²) in [5, 5.41) is 0. The predicted molar refractivity (Wildman–Crippen MR) is 98.7 cm³/mol. The lowest BCUT2D eigenvalue weighted by Crippen LogP contribution is -2.41. The minimum atomic E-state index is -0.475. The summed E-state index contributed by atoms with van der Waals surface area (Å²) in [6.07, 6.45) is 3.24. The zero-order valence-electron chi connectivity index (χ0n) is 14.5. The van der Waals surface area contributed by atoms with Gasteiger partial charge in [0.15, 0.2) is 0 Å². The zero-order valence-corrected chi connectivity index (χ0v) is 14.5. The van der Waals surface area contributed by atoms with Crippen LogP contribution in [0.5, 0.6) is 17.2 Å². The van der Waals surface area contributed by atoms with Crippen LogP contribution in [0.1, 0.15) is 20.7 Å². The molecule has 0 spiro atoms. The van der Waals surface area contributed by atoms with E-state index in [1.807, 2.05) is 0 Å². The number of nitrogens with zero attached hydrogens (tertiary/aromatic N) is 1. The third kappa shape index (κ3) is 4.60. The summed E-state index contributed by atoms with van der Waals surface area (Å²) in [6, 6.07) is 16.8. The Morgan fingerprint density at radius 1 is 0.852 bits per heavy atom. The van der Waals surface area contributed by atoms with E-state index < -0.39 is 11.8 Å². The van der Waals surface area contributed by atoms with Crippen molar-refractivity contribution in [3.63, 3.8) is 0 Å². The molecule has 0 unspecified atom stereocenters. The number of pyridine rings is 1. The fourth-order valence-electron chi connectivity index (χ4n) is 2.30. The van der Waals surface area contributed by atoms with Crippen LogP contribution in [0.2, 0.25) is 0 Å². The van der Waals surface area contributed by atoms with Crippen molar-refractivity contribution < 1.29 is 19.1 Å². The molecule has 3 rings (SSSR count). The van der Waals surface area contributed by atoms with E-state index in [2.05, 4.69) is 15.8 Å². The molecule has 2 aromatic carbocycles. The summed E-state index contributed by atoms with van der Waals surface area (Å²) in [7, 11) is 1.47. The van der Waals surface area contributed by atoms with Gasteiger partial charge in [-0.15, -0.1) is 0 Å². The van der Waals surface area contributed by atoms with Crippen molar-refractivity contribution in [1.82, 2.24) is 15.8 Å². The Bertz CT molecular complexity index is 927. The molecule has 27 heavy (non-hydrogen) atoms. The number of hydrogen-bond donors (Lipinski definition) is 2. The van der Waals surface area contributed by atoms with Gasteiger partial charge in [-0.3, -0.25) is 25.4 Å². The number of carbonyl (C=O) groups excluding carboxylic acids is 2. The van der Waals surface area contributed by atoms with Crippen molar-refractivity contribution in [3.8, 4) is 17.2 Å². The summed E-state index contributed by atoms with van der Waals surface area (Å²) in [5.41, 5.74) is 5.43. The number of aromatic nitrogens is 1. The molecule has 0 radical (unpaired) electrons. The molecule has 3 aromatic rings. The fourth-order valence-corrected chi connectivity index (χ4v) is 2.30. The van der Waals surface area contributed by atoms with E-state index >= 15 is 0 Å². The van der Waals surface area contributed by atoms with Gasteiger partial charge in [-0.05, 0) is 48.5 Å². The molecule has 0 aliphatic rings. The minimum absolute atomic E-state index is 0.320. The second kappa shape index (κ2) is 8.48. The van der Waals surface area contributed by atoms with Gasteiger partial charge in [-0.25, -0.2) is 0 Å². The van der Waals surface area contributed by atoms with Crippen LogP contribution >= 0.6 is 0 Å². The molecule has 7 heteroatoms. The molecular weight excluding hydrogens is 346 g/mol. The van der Waals surface area contributed by atoms with Gasteiger partial charge < -0.3 is 9.47 Å². The maximum atomic E-state index is 12.2. The van der Waals surface area contributed by atoms with E-state index in [1.54, 1.807) is 73.1 Å². The van der Waals surface area contributed by atoms with Crippen molar-refractivity contribution in [2.75, 3.05) is 7.11 Å². The highest BCUT2D eigenvalue weighted by atomic mass is 16.5. The predicted octanol–water partition coefficient (Wildman–Crippen LogP) is 2.96. The summed E-state index contributed by atoms with van der Waals surface area (Å²) in [4.78, 5) is 28.3. The van der Waals surface area contributed by atoms with Crippen molar-refractivity contribution in [2.24, 2.45) is 0 Å². The van der Waals surface area contributed by atoms with E-state index in [-0.39, 0.29) is 0 Å².